The first kappa shape index (κ1) is 15.1. The van der Waals surface area contributed by atoms with Crippen molar-refractivity contribution in [2.24, 2.45) is 5.41 Å². The van der Waals surface area contributed by atoms with E-state index in [2.05, 4.69) is 65.1 Å². The number of hydrogen-bond acceptors (Lipinski definition) is 2. The summed E-state index contributed by atoms with van der Waals surface area (Å²) in [6.45, 7) is 14.2. The smallest absolute Gasteiger partial charge is 0.137 e. The average Bonchev–Trinajstić information content (AvgIpc) is 2.79. The van der Waals surface area contributed by atoms with Crippen LogP contribution < -0.4 is 5.32 Å². The fourth-order valence-electron chi connectivity index (χ4n) is 2.68. The van der Waals surface area contributed by atoms with Crippen LogP contribution in [0.3, 0.4) is 0 Å². The van der Waals surface area contributed by atoms with Crippen molar-refractivity contribution in [3.8, 4) is 0 Å². The van der Waals surface area contributed by atoms with Crippen LogP contribution in [0, 0.1) is 19.3 Å². The average molecular weight is 273 g/mol. The molecule has 1 aromatic heterocycles. The van der Waals surface area contributed by atoms with Gasteiger partial charge in [-0.25, -0.2) is 0 Å². The van der Waals surface area contributed by atoms with Crippen molar-refractivity contribution in [1.29, 1.82) is 0 Å². The highest BCUT2D eigenvalue weighted by atomic mass is 16.3. The molecule has 0 saturated carbocycles. The Morgan fingerprint density at radius 3 is 2.35 bits per heavy atom. The monoisotopic (exact) mass is 273 g/mol. The minimum Gasteiger partial charge on any atom is -0.459 e. The predicted molar refractivity (Wildman–Crippen MR) is 86.2 cm³/mol. The van der Waals surface area contributed by atoms with Crippen molar-refractivity contribution in [2.45, 2.75) is 54.0 Å². The van der Waals surface area contributed by atoms with E-state index in [1.165, 1.54) is 16.5 Å². The predicted octanol–water partition coefficient (Wildman–Crippen LogP) is 5.14. The summed E-state index contributed by atoms with van der Waals surface area (Å²) in [5.41, 5.74) is 3.65. The lowest BCUT2D eigenvalue weighted by Gasteiger charge is -2.30. The van der Waals surface area contributed by atoms with Crippen molar-refractivity contribution in [2.75, 3.05) is 6.54 Å². The molecule has 1 N–H and O–H groups in total. The Bertz CT molecular complexity index is 550. The normalized spacial score (nSPS) is 13.9. The van der Waals surface area contributed by atoms with Gasteiger partial charge in [-0.3, -0.25) is 0 Å². The number of hydrogen-bond donors (Lipinski definition) is 1. The van der Waals surface area contributed by atoms with Gasteiger partial charge in [-0.2, -0.15) is 0 Å². The summed E-state index contributed by atoms with van der Waals surface area (Å²) in [5.74, 6) is 1.05. The van der Waals surface area contributed by atoms with Crippen LogP contribution in [0.1, 0.15) is 57.0 Å². The second kappa shape index (κ2) is 5.61. The minimum atomic E-state index is 0.130. The zero-order chi connectivity index (χ0) is 14.9. The topological polar surface area (TPSA) is 25.2 Å². The van der Waals surface area contributed by atoms with Crippen molar-refractivity contribution in [3.05, 3.63) is 35.1 Å². The van der Waals surface area contributed by atoms with E-state index in [0.717, 1.165) is 24.3 Å². The van der Waals surface area contributed by atoms with Crippen molar-refractivity contribution in [1.82, 2.24) is 5.32 Å². The summed E-state index contributed by atoms with van der Waals surface area (Å²) >= 11 is 0. The zero-order valence-corrected chi connectivity index (χ0v) is 13.6. The molecule has 0 spiro atoms. The van der Waals surface area contributed by atoms with Gasteiger partial charge in [-0.15, -0.1) is 0 Å². The summed E-state index contributed by atoms with van der Waals surface area (Å²) < 4.78 is 6.20. The van der Waals surface area contributed by atoms with Gasteiger partial charge in [0.25, 0.3) is 0 Å². The minimum absolute atomic E-state index is 0.130. The van der Waals surface area contributed by atoms with Crippen LogP contribution in [0.25, 0.3) is 11.0 Å². The van der Waals surface area contributed by atoms with E-state index in [-0.39, 0.29) is 11.5 Å². The van der Waals surface area contributed by atoms with Gasteiger partial charge >= 0.3 is 0 Å². The van der Waals surface area contributed by atoms with Gasteiger partial charge < -0.3 is 9.73 Å². The van der Waals surface area contributed by atoms with Crippen LogP contribution in [0.5, 0.6) is 0 Å². The molecule has 0 amide bonds. The van der Waals surface area contributed by atoms with Crippen molar-refractivity contribution >= 4 is 11.0 Å². The SMILES string of the molecule is CCCNC(c1cc2c(C)ccc(C)c2o1)C(C)(C)C. The highest BCUT2D eigenvalue weighted by molar-refractivity contribution is 5.84. The van der Waals surface area contributed by atoms with Gasteiger partial charge in [0.1, 0.15) is 11.3 Å². The van der Waals surface area contributed by atoms with Crippen LogP contribution in [0.4, 0.5) is 0 Å². The summed E-state index contributed by atoms with van der Waals surface area (Å²) in [4.78, 5) is 0. The fourth-order valence-corrected chi connectivity index (χ4v) is 2.68. The molecule has 0 aliphatic rings. The van der Waals surface area contributed by atoms with Crippen LogP contribution in [0.15, 0.2) is 22.6 Å². The Morgan fingerprint density at radius 1 is 1.15 bits per heavy atom. The van der Waals surface area contributed by atoms with E-state index in [9.17, 15) is 0 Å². The second-order valence-electron chi connectivity index (χ2n) is 6.84. The molecule has 110 valence electrons. The molecule has 0 bridgehead atoms. The molecular formula is C18H27NO. The molecule has 0 saturated heterocycles. The first-order valence-corrected chi connectivity index (χ1v) is 7.57. The molecule has 1 unspecified atom stereocenters. The number of aryl methyl sites for hydroxylation is 2. The Labute approximate surface area is 122 Å². The lowest BCUT2D eigenvalue weighted by atomic mass is 9.85. The van der Waals surface area contributed by atoms with Crippen molar-refractivity contribution in [3.63, 3.8) is 0 Å². The van der Waals surface area contributed by atoms with E-state index in [0.29, 0.717) is 0 Å². The molecule has 0 aliphatic carbocycles. The summed E-state index contributed by atoms with van der Waals surface area (Å²) in [6.07, 6.45) is 1.13. The Morgan fingerprint density at radius 2 is 1.80 bits per heavy atom. The highest BCUT2D eigenvalue weighted by Gasteiger charge is 2.29. The first-order chi connectivity index (χ1) is 9.34. The highest BCUT2D eigenvalue weighted by Crippen LogP contribution is 2.37. The molecule has 0 radical (unpaired) electrons. The Hall–Kier alpha value is -1.28. The van der Waals surface area contributed by atoms with Gasteiger partial charge in [0.2, 0.25) is 0 Å². The lowest BCUT2D eigenvalue weighted by Crippen LogP contribution is -2.32. The third kappa shape index (κ3) is 2.90. The Kier molecular flexibility index (Phi) is 4.24. The summed E-state index contributed by atoms with van der Waals surface area (Å²) in [7, 11) is 0. The fraction of sp³-hybridized carbons (Fsp3) is 0.556. The van der Waals surface area contributed by atoms with E-state index < -0.39 is 0 Å². The zero-order valence-electron chi connectivity index (χ0n) is 13.6. The van der Waals surface area contributed by atoms with Gasteiger partial charge in [0.15, 0.2) is 0 Å². The Balaban J connectivity index is 2.49. The third-order valence-corrected chi connectivity index (χ3v) is 3.87. The molecule has 2 heteroatoms. The largest absolute Gasteiger partial charge is 0.459 e. The quantitative estimate of drug-likeness (QED) is 0.834. The van der Waals surface area contributed by atoms with Crippen LogP contribution in [0.2, 0.25) is 0 Å². The molecule has 2 nitrogen and oxygen atoms in total. The standard InChI is InChI=1S/C18H27NO/c1-7-10-19-17(18(4,5)6)15-11-14-12(2)8-9-13(3)16(14)20-15/h8-9,11,17,19H,7,10H2,1-6H3. The maximum atomic E-state index is 6.20. The van der Waals surface area contributed by atoms with E-state index >= 15 is 0 Å². The molecule has 0 fully saturated rings. The molecule has 2 rings (SSSR count). The van der Waals surface area contributed by atoms with Gasteiger partial charge in [0.05, 0.1) is 6.04 Å². The van der Waals surface area contributed by atoms with Crippen LogP contribution in [-0.2, 0) is 0 Å². The molecule has 20 heavy (non-hydrogen) atoms. The summed E-state index contributed by atoms with van der Waals surface area (Å²) in [5, 5.41) is 4.87. The van der Waals surface area contributed by atoms with E-state index in [4.69, 9.17) is 4.42 Å². The number of nitrogens with one attached hydrogen (secondary N) is 1. The lowest BCUT2D eigenvalue weighted by molar-refractivity contribution is 0.241. The molecule has 1 aromatic carbocycles. The van der Waals surface area contributed by atoms with Crippen LogP contribution in [-0.4, -0.2) is 6.54 Å². The second-order valence-corrected chi connectivity index (χ2v) is 6.84. The van der Waals surface area contributed by atoms with Crippen molar-refractivity contribution < 1.29 is 4.42 Å². The number of rotatable bonds is 4. The maximum absolute atomic E-state index is 6.20. The molecule has 1 heterocycles. The van der Waals surface area contributed by atoms with Gasteiger partial charge in [-0.1, -0.05) is 39.8 Å². The maximum Gasteiger partial charge on any atom is 0.137 e. The molecule has 0 aliphatic heterocycles. The van der Waals surface area contributed by atoms with Gasteiger partial charge in [0, 0.05) is 5.39 Å². The van der Waals surface area contributed by atoms with E-state index in [1.807, 2.05) is 0 Å². The first-order valence-electron chi connectivity index (χ1n) is 7.57. The number of fused-ring (bicyclic) bond motifs is 1. The van der Waals surface area contributed by atoms with E-state index in [1.54, 1.807) is 0 Å². The van der Waals surface area contributed by atoms with Crippen LogP contribution >= 0.6 is 0 Å². The number of furan rings is 1. The molecular weight excluding hydrogens is 246 g/mol. The summed E-state index contributed by atoms with van der Waals surface area (Å²) in [6, 6.07) is 6.77. The third-order valence-electron chi connectivity index (χ3n) is 3.87. The molecule has 2 aromatic rings. The van der Waals surface area contributed by atoms with Gasteiger partial charge in [-0.05, 0) is 49.4 Å². The molecule has 1 atom stereocenters. The number of benzene rings is 1.